The Labute approximate surface area is 145 Å². The second-order valence-electron chi connectivity index (χ2n) is 5.30. The topological polar surface area (TPSA) is 76.1 Å². The molecule has 126 valence electrons. The summed E-state index contributed by atoms with van der Waals surface area (Å²) in [6.45, 7) is 0.435. The molecule has 6 heteroatoms. The lowest BCUT2D eigenvalue weighted by Gasteiger charge is -2.11. The molecule has 0 fully saturated rings. The van der Waals surface area contributed by atoms with Crippen LogP contribution in [0.1, 0.15) is 16.1 Å². The van der Waals surface area contributed by atoms with E-state index in [1.165, 1.54) is 0 Å². The fourth-order valence-electron chi connectivity index (χ4n) is 2.28. The van der Waals surface area contributed by atoms with Crippen LogP contribution in [0.15, 0.2) is 67.1 Å². The number of anilines is 2. The second kappa shape index (κ2) is 7.92. The van der Waals surface area contributed by atoms with Crippen molar-refractivity contribution in [2.75, 3.05) is 12.4 Å². The average Bonchev–Trinajstić information content (AvgIpc) is 2.68. The van der Waals surface area contributed by atoms with Crippen LogP contribution < -0.4 is 15.4 Å². The number of benzene rings is 1. The zero-order chi connectivity index (χ0) is 17.5. The van der Waals surface area contributed by atoms with E-state index in [1.54, 1.807) is 37.8 Å². The molecule has 25 heavy (non-hydrogen) atoms. The number of amides is 1. The number of hydrogen-bond donors (Lipinski definition) is 2. The molecule has 2 aromatic heterocycles. The van der Waals surface area contributed by atoms with Gasteiger partial charge in [-0.25, -0.2) is 4.98 Å². The van der Waals surface area contributed by atoms with E-state index in [0.717, 1.165) is 22.7 Å². The summed E-state index contributed by atoms with van der Waals surface area (Å²) in [6.07, 6.45) is 5.00. The van der Waals surface area contributed by atoms with Gasteiger partial charge in [0.05, 0.1) is 24.7 Å². The van der Waals surface area contributed by atoms with Crippen LogP contribution in [0.4, 0.5) is 11.4 Å². The van der Waals surface area contributed by atoms with Gasteiger partial charge < -0.3 is 15.4 Å². The number of rotatable bonds is 6. The van der Waals surface area contributed by atoms with Gasteiger partial charge in [-0.15, -0.1) is 0 Å². The van der Waals surface area contributed by atoms with Crippen LogP contribution in [0, 0.1) is 0 Å². The molecule has 6 nitrogen and oxygen atoms in total. The van der Waals surface area contributed by atoms with Gasteiger partial charge >= 0.3 is 0 Å². The quantitative estimate of drug-likeness (QED) is 0.724. The number of pyridine rings is 2. The van der Waals surface area contributed by atoms with Crippen molar-refractivity contribution in [3.05, 3.63) is 78.4 Å². The predicted molar refractivity (Wildman–Crippen MR) is 95.9 cm³/mol. The zero-order valence-corrected chi connectivity index (χ0v) is 13.8. The fraction of sp³-hybridized carbons (Fsp3) is 0.105. The van der Waals surface area contributed by atoms with Gasteiger partial charge in [0.2, 0.25) is 0 Å². The minimum absolute atomic E-state index is 0.222. The molecule has 1 amide bonds. The zero-order valence-electron chi connectivity index (χ0n) is 13.8. The van der Waals surface area contributed by atoms with E-state index in [0.29, 0.717) is 12.2 Å². The van der Waals surface area contributed by atoms with Crippen molar-refractivity contribution >= 4 is 17.3 Å². The highest BCUT2D eigenvalue weighted by atomic mass is 16.5. The van der Waals surface area contributed by atoms with Crippen LogP contribution in [0.3, 0.4) is 0 Å². The van der Waals surface area contributed by atoms with Crippen LogP contribution in [0.2, 0.25) is 0 Å². The lowest BCUT2D eigenvalue weighted by atomic mass is 10.2. The van der Waals surface area contributed by atoms with Crippen LogP contribution in [0.5, 0.6) is 5.75 Å². The van der Waals surface area contributed by atoms with E-state index in [1.807, 2.05) is 36.4 Å². The van der Waals surface area contributed by atoms with Gasteiger partial charge in [-0.3, -0.25) is 9.78 Å². The minimum atomic E-state index is -0.222. The number of methoxy groups -OCH3 is 1. The Kier molecular flexibility index (Phi) is 5.21. The molecular weight excluding hydrogens is 316 g/mol. The fourth-order valence-corrected chi connectivity index (χ4v) is 2.28. The smallest absolute Gasteiger partial charge is 0.270 e. The molecule has 0 atom stereocenters. The summed E-state index contributed by atoms with van der Waals surface area (Å²) in [5.74, 6) is 0.516. The Hall–Kier alpha value is -3.41. The van der Waals surface area contributed by atoms with Gasteiger partial charge in [0.1, 0.15) is 11.4 Å². The van der Waals surface area contributed by atoms with Crippen molar-refractivity contribution in [2.45, 2.75) is 6.54 Å². The number of carbonyl (C=O) groups excluding carboxylic acids is 1. The third-order valence-electron chi connectivity index (χ3n) is 3.58. The predicted octanol–water partition coefficient (Wildman–Crippen LogP) is 3.16. The van der Waals surface area contributed by atoms with Gasteiger partial charge in [0, 0.05) is 18.9 Å². The first-order valence-corrected chi connectivity index (χ1v) is 7.79. The number of nitrogens with one attached hydrogen (secondary N) is 2. The van der Waals surface area contributed by atoms with Crippen molar-refractivity contribution in [3.63, 3.8) is 0 Å². The third kappa shape index (κ3) is 4.32. The van der Waals surface area contributed by atoms with Crippen molar-refractivity contribution in [3.8, 4) is 5.75 Å². The Bertz CT molecular complexity index is 836. The first kappa shape index (κ1) is 16.4. The largest absolute Gasteiger partial charge is 0.495 e. The summed E-state index contributed by atoms with van der Waals surface area (Å²) in [4.78, 5) is 20.3. The number of nitrogens with zero attached hydrogens (tertiary/aromatic N) is 2. The molecule has 0 unspecified atom stereocenters. The van der Waals surface area contributed by atoms with E-state index in [-0.39, 0.29) is 5.91 Å². The summed E-state index contributed by atoms with van der Waals surface area (Å²) in [5, 5.41) is 6.05. The molecule has 0 saturated carbocycles. The minimum Gasteiger partial charge on any atom is -0.495 e. The van der Waals surface area contributed by atoms with E-state index in [2.05, 4.69) is 20.6 Å². The van der Waals surface area contributed by atoms with Gasteiger partial charge in [-0.1, -0.05) is 12.1 Å². The number of aromatic nitrogens is 2. The number of hydrogen-bond acceptors (Lipinski definition) is 5. The van der Waals surface area contributed by atoms with Gasteiger partial charge in [-0.05, 0) is 42.0 Å². The molecule has 3 rings (SSSR count). The highest BCUT2D eigenvalue weighted by molar-refractivity contribution is 5.92. The maximum atomic E-state index is 12.2. The summed E-state index contributed by atoms with van der Waals surface area (Å²) in [5.41, 5.74) is 2.95. The lowest BCUT2D eigenvalue weighted by molar-refractivity contribution is 0.0946. The molecule has 0 spiro atoms. The normalized spacial score (nSPS) is 10.1. The van der Waals surface area contributed by atoms with Crippen LogP contribution in [-0.2, 0) is 6.54 Å². The molecule has 2 heterocycles. The van der Waals surface area contributed by atoms with Crippen molar-refractivity contribution in [1.82, 2.24) is 15.3 Å². The lowest BCUT2D eigenvalue weighted by Crippen LogP contribution is -2.23. The number of para-hydroxylation sites is 2. The first-order chi connectivity index (χ1) is 12.3. The monoisotopic (exact) mass is 334 g/mol. The molecule has 0 saturated heterocycles. The van der Waals surface area contributed by atoms with E-state index in [9.17, 15) is 4.79 Å². The standard InChI is InChI=1S/C19H18N4O2/c1-25-18-5-3-2-4-16(18)23-15-6-7-17(21-13-15)19(24)22-12-14-8-10-20-11-9-14/h2-11,13,23H,12H2,1H3,(H,22,24). The van der Waals surface area contributed by atoms with Crippen LogP contribution in [0.25, 0.3) is 0 Å². The summed E-state index contributed by atoms with van der Waals surface area (Å²) in [7, 11) is 1.62. The molecule has 1 aromatic carbocycles. The third-order valence-corrected chi connectivity index (χ3v) is 3.58. The van der Waals surface area contributed by atoms with E-state index in [4.69, 9.17) is 4.74 Å². The van der Waals surface area contributed by atoms with Crippen molar-refractivity contribution in [2.24, 2.45) is 0 Å². The molecule has 0 aliphatic heterocycles. The molecule has 0 bridgehead atoms. The summed E-state index contributed by atoms with van der Waals surface area (Å²) >= 11 is 0. The van der Waals surface area contributed by atoms with E-state index < -0.39 is 0 Å². The second-order valence-corrected chi connectivity index (χ2v) is 5.30. The summed E-state index contributed by atoms with van der Waals surface area (Å²) < 4.78 is 5.30. The van der Waals surface area contributed by atoms with Crippen molar-refractivity contribution < 1.29 is 9.53 Å². The van der Waals surface area contributed by atoms with Gasteiger partial charge in [-0.2, -0.15) is 0 Å². The molecule has 0 aliphatic carbocycles. The Morgan fingerprint density at radius 3 is 2.60 bits per heavy atom. The average molecular weight is 334 g/mol. The molecule has 3 aromatic rings. The molecule has 0 aliphatic rings. The maximum absolute atomic E-state index is 12.2. The number of ether oxygens (including phenoxy) is 1. The Morgan fingerprint density at radius 1 is 1.08 bits per heavy atom. The Morgan fingerprint density at radius 2 is 1.88 bits per heavy atom. The molecule has 0 radical (unpaired) electrons. The SMILES string of the molecule is COc1ccccc1Nc1ccc(C(=O)NCc2ccncc2)nc1. The number of carbonyl (C=O) groups is 1. The Balaban J connectivity index is 1.62. The molecule has 2 N–H and O–H groups in total. The highest BCUT2D eigenvalue weighted by Crippen LogP contribution is 2.26. The molecular formula is C19H18N4O2. The van der Waals surface area contributed by atoms with E-state index >= 15 is 0 Å². The first-order valence-electron chi connectivity index (χ1n) is 7.79. The highest BCUT2D eigenvalue weighted by Gasteiger charge is 2.08. The van der Waals surface area contributed by atoms with Gasteiger partial charge in [0.25, 0.3) is 5.91 Å². The van der Waals surface area contributed by atoms with Gasteiger partial charge in [0.15, 0.2) is 0 Å². The van der Waals surface area contributed by atoms with Crippen LogP contribution in [-0.4, -0.2) is 23.0 Å². The van der Waals surface area contributed by atoms with Crippen LogP contribution >= 0.6 is 0 Å². The maximum Gasteiger partial charge on any atom is 0.270 e. The summed E-state index contributed by atoms with van der Waals surface area (Å²) in [6, 6.07) is 14.8. The van der Waals surface area contributed by atoms with Crippen molar-refractivity contribution in [1.29, 1.82) is 0 Å².